The number of benzene rings is 1. The van der Waals surface area contributed by atoms with Crippen molar-refractivity contribution in [3.63, 3.8) is 0 Å². The van der Waals surface area contributed by atoms with Gasteiger partial charge in [0.25, 0.3) is 5.91 Å². The van der Waals surface area contributed by atoms with Gasteiger partial charge in [-0.1, -0.05) is 12.1 Å². The van der Waals surface area contributed by atoms with Crippen molar-refractivity contribution in [1.29, 1.82) is 10.5 Å². The van der Waals surface area contributed by atoms with E-state index in [9.17, 15) is 4.79 Å². The number of nitriles is 2. The first-order valence-corrected chi connectivity index (χ1v) is 8.75. The number of pyridine rings is 1. The summed E-state index contributed by atoms with van der Waals surface area (Å²) >= 11 is 4.64. The smallest absolute Gasteiger partial charge is 0.270 e. The zero-order valence-electron chi connectivity index (χ0n) is 14.3. The predicted octanol–water partition coefficient (Wildman–Crippen LogP) is 2.76. The molecule has 1 atom stereocenters. The number of amides is 1. The molecule has 0 saturated carbocycles. The number of carbonyl (C=O) groups is 1. The van der Waals surface area contributed by atoms with Gasteiger partial charge in [0, 0.05) is 31.7 Å². The van der Waals surface area contributed by atoms with E-state index in [0.29, 0.717) is 24.3 Å². The summed E-state index contributed by atoms with van der Waals surface area (Å²) in [4.78, 5) is 18.1. The molecule has 6 nitrogen and oxygen atoms in total. The molecule has 1 aromatic carbocycles. The highest BCUT2D eigenvalue weighted by molar-refractivity contribution is 6.15. The van der Waals surface area contributed by atoms with Gasteiger partial charge in [0.05, 0.1) is 11.6 Å². The van der Waals surface area contributed by atoms with E-state index in [0.717, 1.165) is 17.5 Å². The van der Waals surface area contributed by atoms with Crippen LogP contribution in [0.4, 0.5) is 0 Å². The molecule has 2 aromatic rings. The minimum atomic E-state index is -0.252. The fraction of sp³-hybridized carbons (Fsp3) is 0.263. The van der Waals surface area contributed by atoms with E-state index in [4.69, 9.17) is 10.5 Å². The van der Waals surface area contributed by atoms with Crippen LogP contribution in [0.1, 0.15) is 22.5 Å². The van der Waals surface area contributed by atoms with Crippen LogP contribution in [0.15, 0.2) is 42.6 Å². The summed E-state index contributed by atoms with van der Waals surface area (Å²) in [7, 11) is 0. The Hall–Kier alpha value is -3.09. The molecule has 0 spiro atoms. The van der Waals surface area contributed by atoms with Crippen LogP contribution in [0.25, 0.3) is 11.1 Å². The zero-order valence-corrected chi connectivity index (χ0v) is 15.1. The molecule has 1 amide bonds. The number of rotatable bonds is 3. The van der Waals surface area contributed by atoms with E-state index in [-0.39, 0.29) is 11.9 Å². The van der Waals surface area contributed by atoms with Gasteiger partial charge in [0.2, 0.25) is 0 Å². The van der Waals surface area contributed by atoms with Crippen LogP contribution in [-0.2, 0) is 0 Å². The minimum Gasteiger partial charge on any atom is -0.346 e. The summed E-state index contributed by atoms with van der Waals surface area (Å²) in [5.74, 6) is -0.252. The Morgan fingerprint density at radius 1 is 1.27 bits per heavy atom. The maximum absolute atomic E-state index is 12.4. The second kappa shape index (κ2) is 9.41. The molecule has 1 aliphatic rings. The van der Waals surface area contributed by atoms with Gasteiger partial charge < -0.3 is 10.2 Å². The van der Waals surface area contributed by atoms with Gasteiger partial charge in [-0.25, -0.2) is 0 Å². The van der Waals surface area contributed by atoms with Crippen LogP contribution >= 0.6 is 11.6 Å². The molecule has 7 heteroatoms. The summed E-state index contributed by atoms with van der Waals surface area (Å²) in [5.41, 5.74) is 2.59. The van der Waals surface area contributed by atoms with Crippen molar-refractivity contribution in [2.75, 3.05) is 19.5 Å². The minimum absolute atomic E-state index is 0.0375. The molecule has 0 aliphatic carbocycles. The van der Waals surface area contributed by atoms with E-state index in [1.165, 1.54) is 6.38 Å². The Labute approximate surface area is 157 Å². The van der Waals surface area contributed by atoms with Gasteiger partial charge in [-0.05, 0) is 41.8 Å². The van der Waals surface area contributed by atoms with Gasteiger partial charge in [-0.2, -0.15) is 10.5 Å². The molecule has 2 heterocycles. The molecule has 1 aromatic heterocycles. The van der Waals surface area contributed by atoms with Crippen molar-refractivity contribution < 1.29 is 4.79 Å². The molecule has 0 radical (unpaired) electrons. The van der Waals surface area contributed by atoms with Crippen LogP contribution in [0.2, 0.25) is 0 Å². The highest BCUT2D eigenvalue weighted by atomic mass is 35.5. The monoisotopic (exact) mass is 367 g/mol. The van der Waals surface area contributed by atoms with Crippen LogP contribution in [-0.4, -0.2) is 41.3 Å². The summed E-state index contributed by atoms with van der Waals surface area (Å²) in [6.07, 6.45) is 5.90. The van der Waals surface area contributed by atoms with Crippen molar-refractivity contribution in [3.05, 3.63) is 53.9 Å². The molecule has 1 fully saturated rings. The Balaban J connectivity index is 0.00000117. The van der Waals surface area contributed by atoms with Gasteiger partial charge in [0.15, 0.2) is 6.19 Å². The standard InChI is InChI=1S/C18H15N5O.CH3Cl/c19-10-13-2-1-3-14(8-13)15-4-6-21-17(9-15)18(24)22-16-5-7-23(11-16)12-20;1-2/h1-4,6,8-9,16H,5,7,11H2,(H,22,24);1H3. The molecule has 3 rings (SSSR count). The van der Waals surface area contributed by atoms with E-state index in [2.05, 4.69) is 34.2 Å². The van der Waals surface area contributed by atoms with E-state index >= 15 is 0 Å². The molecule has 1 unspecified atom stereocenters. The zero-order chi connectivity index (χ0) is 18.9. The summed E-state index contributed by atoms with van der Waals surface area (Å²) in [6, 6.07) is 12.8. The molecule has 1 N–H and O–H groups in total. The number of carbonyl (C=O) groups excluding carboxylic acids is 1. The first-order chi connectivity index (χ1) is 12.7. The number of aromatic nitrogens is 1. The number of alkyl halides is 1. The number of nitrogens with one attached hydrogen (secondary N) is 1. The van der Waals surface area contributed by atoms with Crippen molar-refractivity contribution >= 4 is 17.5 Å². The van der Waals surface area contributed by atoms with Crippen LogP contribution in [0.5, 0.6) is 0 Å². The lowest BCUT2D eigenvalue weighted by atomic mass is 10.0. The molecular formula is C19H18ClN5O. The average Bonchev–Trinajstić information content (AvgIpc) is 3.17. The molecule has 26 heavy (non-hydrogen) atoms. The van der Waals surface area contributed by atoms with Gasteiger partial charge >= 0.3 is 0 Å². The summed E-state index contributed by atoms with van der Waals surface area (Å²) < 4.78 is 0. The topological polar surface area (TPSA) is 92.8 Å². The first kappa shape index (κ1) is 19.2. The fourth-order valence-electron chi connectivity index (χ4n) is 2.73. The maximum atomic E-state index is 12.4. The van der Waals surface area contributed by atoms with Gasteiger partial charge in [-0.3, -0.25) is 9.78 Å². The van der Waals surface area contributed by atoms with Crippen molar-refractivity contribution in [3.8, 4) is 23.4 Å². The molecule has 1 saturated heterocycles. The second-order valence-electron chi connectivity index (χ2n) is 5.63. The third-order valence-corrected chi connectivity index (χ3v) is 3.98. The normalized spacial score (nSPS) is 15.2. The Morgan fingerprint density at radius 3 is 2.73 bits per heavy atom. The lowest BCUT2D eigenvalue weighted by molar-refractivity contribution is 0.0934. The summed E-state index contributed by atoms with van der Waals surface area (Å²) in [6.45, 7) is 1.20. The largest absolute Gasteiger partial charge is 0.346 e. The second-order valence-corrected chi connectivity index (χ2v) is 5.63. The number of hydrogen-bond donors (Lipinski definition) is 1. The van der Waals surface area contributed by atoms with Crippen molar-refractivity contribution in [2.45, 2.75) is 12.5 Å². The highest BCUT2D eigenvalue weighted by Crippen LogP contribution is 2.20. The lowest BCUT2D eigenvalue weighted by Crippen LogP contribution is -2.36. The molecule has 132 valence electrons. The Bertz CT molecular complexity index is 855. The Kier molecular flexibility index (Phi) is 6.96. The van der Waals surface area contributed by atoms with Crippen molar-refractivity contribution in [2.24, 2.45) is 0 Å². The van der Waals surface area contributed by atoms with Gasteiger partial charge in [0.1, 0.15) is 5.69 Å². The SMILES string of the molecule is CCl.N#Cc1cccc(-c2ccnc(C(=O)NC3CCN(C#N)C3)c2)c1. The third-order valence-electron chi connectivity index (χ3n) is 3.98. The number of nitrogens with zero attached hydrogens (tertiary/aromatic N) is 4. The highest BCUT2D eigenvalue weighted by Gasteiger charge is 2.23. The summed E-state index contributed by atoms with van der Waals surface area (Å²) in [5, 5.41) is 20.8. The van der Waals surface area contributed by atoms with Gasteiger partial charge in [-0.15, -0.1) is 11.6 Å². The third kappa shape index (κ3) is 4.72. The van der Waals surface area contributed by atoms with E-state index in [1.54, 1.807) is 35.4 Å². The van der Waals surface area contributed by atoms with Crippen LogP contribution in [0.3, 0.4) is 0 Å². The lowest BCUT2D eigenvalue weighted by Gasteiger charge is -2.12. The molecule has 1 aliphatic heterocycles. The number of likely N-dealkylation sites (tertiary alicyclic amines) is 1. The maximum Gasteiger partial charge on any atom is 0.270 e. The first-order valence-electron chi connectivity index (χ1n) is 7.99. The average molecular weight is 368 g/mol. The van der Waals surface area contributed by atoms with E-state index < -0.39 is 0 Å². The van der Waals surface area contributed by atoms with E-state index in [1.807, 2.05) is 12.1 Å². The fourth-order valence-corrected chi connectivity index (χ4v) is 2.73. The predicted molar refractivity (Wildman–Crippen MR) is 99.2 cm³/mol. The van der Waals surface area contributed by atoms with Crippen LogP contribution < -0.4 is 5.32 Å². The molecular weight excluding hydrogens is 350 g/mol. The number of hydrogen-bond acceptors (Lipinski definition) is 5. The quantitative estimate of drug-likeness (QED) is 0.665. The van der Waals surface area contributed by atoms with Crippen molar-refractivity contribution in [1.82, 2.24) is 15.2 Å². The molecule has 0 bridgehead atoms. The Morgan fingerprint density at radius 2 is 2.04 bits per heavy atom. The van der Waals surface area contributed by atoms with Crippen LogP contribution in [0, 0.1) is 22.8 Å². The number of halogens is 1.